The molecule has 0 aliphatic carbocycles. The van der Waals surface area contributed by atoms with Gasteiger partial charge in [-0.25, -0.2) is 0 Å². The van der Waals surface area contributed by atoms with Crippen molar-refractivity contribution in [2.45, 2.75) is 39.0 Å². The van der Waals surface area contributed by atoms with Gasteiger partial charge in [-0.05, 0) is 24.5 Å². The lowest BCUT2D eigenvalue weighted by molar-refractivity contribution is -0.140. The fraction of sp³-hybridized carbons (Fsp3) is 0.500. The Morgan fingerprint density at radius 2 is 2.12 bits per heavy atom. The highest BCUT2D eigenvalue weighted by Gasteiger charge is 2.27. The zero-order valence-corrected chi connectivity index (χ0v) is 9.74. The van der Waals surface area contributed by atoms with Crippen LogP contribution in [0.1, 0.15) is 38.2 Å². The molecule has 1 aliphatic heterocycles. The molecule has 86 valence electrons. The van der Waals surface area contributed by atoms with Gasteiger partial charge in [0.15, 0.2) is 0 Å². The van der Waals surface area contributed by atoms with Gasteiger partial charge in [0.05, 0.1) is 5.92 Å². The molecule has 1 unspecified atom stereocenters. The number of ether oxygens (including phenoxy) is 1. The molecule has 1 atom stereocenters. The van der Waals surface area contributed by atoms with E-state index < -0.39 is 0 Å². The van der Waals surface area contributed by atoms with Crippen LogP contribution in [0.15, 0.2) is 24.3 Å². The molecule has 0 saturated heterocycles. The fourth-order valence-corrected chi connectivity index (χ4v) is 2.17. The smallest absolute Gasteiger partial charge is 0.314 e. The maximum absolute atomic E-state index is 11.7. The average molecular weight is 218 g/mol. The van der Waals surface area contributed by atoms with Crippen LogP contribution in [0, 0.1) is 5.92 Å². The van der Waals surface area contributed by atoms with E-state index in [9.17, 15) is 4.79 Å². The van der Waals surface area contributed by atoms with Gasteiger partial charge in [0.2, 0.25) is 0 Å². The van der Waals surface area contributed by atoms with Gasteiger partial charge in [0.1, 0.15) is 5.75 Å². The third-order valence-electron chi connectivity index (χ3n) is 3.14. The van der Waals surface area contributed by atoms with Crippen LogP contribution in [0.4, 0.5) is 0 Å². The number of carbonyl (C=O) groups is 1. The minimum Gasteiger partial charge on any atom is -0.426 e. The summed E-state index contributed by atoms with van der Waals surface area (Å²) >= 11 is 0. The van der Waals surface area contributed by atoms with Gasteiger partial charge in [-0.2, -0.15) is 0 Å². The van der Waals surface area contributed by atoms with Crippen LogP contribution in [-0.2, 0) is 11.2 Å². The maximum Gasteiger partial charge on any atom is 0.314 e. The van der Waals surface area contributed by atoms with Gasteiger partial charge in [-0.1, -0.05) is 44.4 Å². The summed E-state index contributed by atoms with van der Waals surface area (Å²) in [5.74, 6) is 0.774. The van der Waals surface area contributed by atoms with Crippen LogP contribution in [0.5, 0.6) is 5.75 Å². The molecule has 0 amide bonds. The Labute approximate surface area is 96.6 Å². The van der Waals surface area contributed by atoms with Crippen molar-refractivity contribution in [3.05, 3.63) is 29.8 Å². The number of rotatable bonds is 4. The predicted molar refractivity (Wildman–Crippen MR) is 63.4 cm³/mol. The lowest BCUT2D eigenvalue weighted by Crippen LogP contribution is -2.27. The van der Waals surface area contributed by atoms with Crippen molar-refractivity contribution in [2.24, 2.45) is 5.92 Å². The molecule has 0 fully saturated rings. The molecule has 0 N–H and O–H groups in total. The number of hydrogen-bond acceptors (Lipinski definition) is 2. The molecule has 2 nitrogen and oxygen atoms in total. The summed E-state index contributed by atoms with van der Waals surface area (Å²) in [7, 11) is 0. The van der Waals surface area contributed by atoms with E-state index in [1.165, 1.54) is 18.4 Å². The molecule has 1 aromatic rings. The van der Waals surface area contributed by atoms with Crippen molar-refractivity contribution in [3.8, 4) is 5.75 Å². The monoisotopic (exact) mass is 218 g/mol. The van der Waals surface area contributed by atoms with Gasteiger partial charge in [-0.3, -0.25) is 4.79 Å². The summed E-state index contributed by atoms with van der Waals surface area (Å²) in [6.07, 6.45) is 5.32. The second kappa shape index (κ2) is 5.15. The fourth-order valence-electron chi connectivity index (χ4n) is 2.17. The second-order valence-electron chi connectivity index (χ2n) is 4.43. The summed E-state index contributed by atoms with van der Waals surface area (Å²) in [6.45, 7) is 2.18. The minimum atomic E-state index is -0.0465. The first-order valence-corrected chi connectivity index (χ1v) is 6.11. The van der Waals surface area contributed by atoms with Gasteiger partial charge in [0, 0.05) is 0 Å². The van der Waals surface area contributed by atoms with E-state index >= 15 is 0 Å². The number of esters is 1. The molecular formula is C14H18O2. The molecular weight excluding hydrogens is 200 g/mol. The summed E-state index contributed by atoms with van der Waals surface area (Å²) in [6, 6.07) is 7.83. The largest absolute Gasteiger partial charge is 0.426 e. The summed E-state index contributed by atoms with van der Waals surface area (Å²) < 4.78 is 5.34. The summed E-state index contributed by atoms with van der Waals surface area (Å²) in [5, 5.41) is 0. The van der Waals surface area contributed by atoms with E-state index in [1.807, 2.05) is 18.2 Å². The molecule has 16 heavy (non-hydrogen) atoms. The van der Waals surface area contributed by atoms with Crippen molar-refractivity contribution < 1.29 is 9.53 Å². The zero-order valence-electron chi connectivity index (χ0n) is 9.74. The molecule has 0 radical (unpaired) electrons. The van der Waals surface area contributed by atoms with Crippen LogP contribution < -0.4 is 4.74 Å². The molecule has 1 aliphatic rings. The Balaban J connectivity index is 2.01. The van der Waals surface area contributed by atoms with Gasteiger partial charge < -0.3 is 4.74 Å². The Morgan fingerprint density at radius 3 is 2.94 bits per heavy atom. The number of fused-ring (bicyclic) bond motifs is 1. The van der Waals surface area contributed by atoms with Crippen LogP contribution in [0.25, 0.3) is 0 Å². The Hall–Kier alpha value is -1.31. The molecule has 1 heterocycles. The highest BCUT2D eigenvalue weighted by molar-refractivity contribution is 5.77. The first kappa shape index (κ1) is 11.2. The lowest BCUT2D eigenvalue weighted by Gasteiger charge is -2.23. The zero-order chi connectivity index (χ0) is 11.4. The Kier molecular flexibility index (Phi) is 3.60. The number of carbonyl (C=O) groups excluding carboxylic acids is 1. The predicted octanol–water partition coefficient (Wildman–Crippen LogP) is 3.34. The van der Waals surface area contributed by atoms with Crippen molar-refractivity contribution in [2.75, 3.05) is 0 Å². The van der Waals surface area contributed by atoms with Crippen LogP contribution in [0.2, 0.25) is 0 Å². The van der Waals surface area contributed by atoms with Crippen molar-refractivity contribution >= 4 is 5.97 Å². The van der Waals surface area contributed by atoms with Crippen LogP contribution in [0.3, 0.4) is 0 Å². The first-order valence-electron chi connectivity index (χ1n) is 6.11. The first-order chi connectivity index (χ1) is 7.81. The molecule has 1 aromatic carbocycles. The van der Waals surface area contributed by atoms with Crippen molar-refractivity contribution in [1.29, 1.82) is 0 Å². The standard InChI is InChI=1S/C14H18O2/c1-2-3-4-8-12-10-11-7-5-6-9-13(11)16-14(12)15/h5-7,9,12H,2-4,8,10H2,1H3. The van der Waals surface area contributed by atoms with E-state index in [1.54, 1.807) is 0 Å². The van der Waals surface area contributed by atoms with E-state index in [2.05, 4.69) is 13.0 Å². The number of unbranched alkanes of at least 4 members (excludes halogenated alkanes) is 2. The number of benzene rings is 1. The molecule has 0 aromatic heterocycles. The van der Waals surface area contributed by atoms with Crippen molar-refractivity contribution in [3.63, 3.8) is 0 Å². The normalized spacial score (nSPS) is 19.1. The highest BCUT2D eigenvalue weighted by Crippen LogP contribution is 2.29. The quantitative estimate of drug-likeness (QED) is 0.440. The van der Waals surface area contributed by atoms with Crippen molar-refractivity contribution in [1.82, 2.24) is 0 Å². The number of para-hydroxylation sites is 1. The molecule has 0 spiro atoms. The maximum atomic E-state index is 11.7. The van der Waals surface area contributed by atoms with Gasteiger partial charge >= 0.3 is 5.97 Å². The van der Waals surface area contributed by atoms with E-state index in [0.717, 1.165) is 25.0 Å². The van der Waals surface area contributed by atoms with Crippen LogP contribution in [-0.4, -0.2) is 5.97 Å². The van der Waals surface area contributed by atoms with E-state index in [-0.39, 0.29) is 11.9 Å². The third kappa shape index (κ3) is 2.43. The van der Waals surface area contributed by atoms with E-state index in [4.69, 9.17) is 4.74 Å². The average Bonchev–Trinajstić information content (AvgIpc) is 2.30. The SMILES string of the molecule is CCCCCC1Cc2ccccc2OC1=O. The molecule has 2 rings (SSSR count). The molecule has 0 saturated carbocycles. The summed E-state index contributed by atoms with van der Waals surface area (Å²) in [5.41, 5.74) is 1.17. The highest BCUT2D eigenvalue weighted by atomic mass is 16.5. The van der Waals surface area contributed by atoms with Crippen LogP contribution >= 0.6 is 0 Å². The third-order valence-corrected chi connectivity index (χ3v) is 3.14. The minimum absolute atomic E-state index is 0.0465. The van der Waals surface area contributed by atoms with E-state index in [0.29, 0.717) is 0 Å². The van der Waals surface area contributed by atoms with Gasteiger partial charge in [-0.15, -0.1) is 0 Å². The number of hydrogen-bond donors (Lipinski definition) is 0. The second-order valence-corrected chi connectivity index (χ2v) is 4.43. The Bertz CT molecular complexity index is 371. The lowest BCUT2D eigenvalue weighted by atomic mass is 9.91. The Morgan fingerprint density at radius 1 is 1.31 bits per heavy atom. The summed E-state index contributed by atoms with van der Waals surface area (Å²) in [4.78, 5) is 11.7. The topological polar surface area (TPSA) is 26.3 Å². The van der Waals surface area contributed by atoms with Gasteiger partial charge in [0.25, 0.3) is 0 Å². The molecule has 0 bridgehead atoms. The molecule has 2 heteroatoms.